The smallest absolute Gasteiger partial charge is 0.0992 e. The lowest BCUT2D eigenvalue weighted by molar-refractivity contribution is 1.16. The van der Waals surface area contributed by atoms with Crippen molar-refractivity contribution >= 4 is 32.5 Å². The van der Waals surface area contributed by atoms with Crippen molar-refractivity contribution in [1.82, 2.24) is 4.98 Å². The highest BCUT2D eigenvalue weighted by molar-refractivity contribution is 9.10. The fourth-order valence-electron chi connectivity index (χ4n) is 2.22. The molecule has 0 aliphatic heterocycles. The number of H-pyrrole nitrogens is 1. The van der Waals surface area contributed by atoms with Gasteiger partial charge in [0.1, 0.15) is 0 Å². The minimum absolute atomic E-state index is 0.648. The quantitative estimate of drug-likeness (QED) is 0.749. The zero-order valence-electron chi connectivity index (χ0n) is 10.7. The average molecular weight is 326 g/mol. The number of benzene rings is 2. The summed E-state index contributed by atoms with van der Waals surface area (Å²) in [6.45, 7) is 0.736. The van der Waals surface area contributed by atoms with Crippen LogP contribution in [0.2, 0.25) is 0 Å². The molecule has 1 heterocycles. The third-order valence-corrected chi connectivity index (χ3v) is 3.91. The van der Waals surface area contributed by atoms with Crippen LogP contribution in [0.1, 0.15) is 11.1 Å². The van der Waals surface area contributed by atoms with Crippen LogP contribution in [0.25, 0.3) is 10.9 Å². The lowest BCUT2D eigenvalue weighted by Gasteiger charge is -2.09. The van der Waals surface area contributed by atoms with Gasteiger partial charge in [-0.25, -0.2) is 0 Å². The summed E-state index contributed by atoms with van der Waals surface area (Å²) >= 11 is 3.48. The third kappa shape index (κ3) is 2.40. The Bertz CT molecular complexity index is 799. The number of fused-ring (bicyclic) bond motifs is 1. The number of rotatable bonds is 3. The number of nitrogens with one attached hydrogen (secondary N) is 2. The molecule has 0 radical (unpaired) electrons. The van der Waals surface area contributed by atoms with Crippen molar-refractivity contribution < 1.29 is 0 Å². The lowest BCUT2D eigenvalue weighted by Crippen LogP contribution is -2.00. The molecule has 3 aromatic rings. The topological polar surface area (TPSA) is 51.6 Å². The van der Waals surface area contributed by atoms with Crippen LogP contribution in [0.4, 0.5) is 5.69 Å². The van der Waals surface area contributed by atoms with E-state index in [1.807, 2.05) is 30.5 Å². The molecule has 0 aliphatic rings. The van der Waals surface area contributed by atoms with Gasteiger partial charge in [0, 0.05) is 33.8 Å². The van der Waals surface area contributed by atoms with Crippen molar-refractivity contribution in [2.45, 2.75) is 6.54 Å². The molecule has 98 valence electrons. The Balaban J connectivity index is 1.83. The van der Waals surface area contributed by atoms with Gasteiger partial charge in [-0.15, -0.1) is 0 Å². The predicted octanol–water partition coefficient (Wildman–Crippen LogP) is 4.41. The van der Waals surface area contributed by atoms with Gasteiger partial charge in [-0.2, -0.15) is 5.26 Å². The number of halogens is 1. The second-order valence-corrected chi connectivity index (χ2v) is 5.37. The van der Waals surface area contributed by atoms with Crippen LogP contribution in [0.15, 0.2) is 53.1 Å². The molecule has 4 heteroatoms. The SMILES string of the molecule is N#Cc1ccc(NCc2cccc3[nH]ccc23)c(Br)c1. The van der Waals surface area contributed by atoms with Gasteiger partial charge in [0.15, 0.2) is 0 Å². The number of nitrogens with zero attached hydrogens (tertiary/aromatic N) is 1. The van der Waals surface area contributed by atoms with E-state index in [0.29, 0.717) is 5.56 Å². The molecular weight excluding hydrogens is 314 g/mol. The van der Waals surface area contributed by atoms with Crippen LogP contribution in [0, 0.1) is 11.3 Å². The first-order valence-corrected chi connectivity index (χ1v) is 7.06. The Morgan fingerprint density at radius 3 is 2.90 bits per heavy atom. The van der Waals surface area contributed by atoms with Crippen LogP contribution in [0.5, 0.6) is 0 Å². The van der Waals surface area contributed by atoms with Gasteiger partial charge in [0.2, 0.25) is 0 Å². The molecular formula is C16H12BrN3. The molecule has 0 spiro atoms. The summed E-state index contributed by atoms with van der Waals surface area (Å²) in [5.41, 5.74) is 4.01. The summed E-state index contributed by atoms with van der Waals surface area (Å²) in [6.07, 6.45) is 1.95. The van der Waals surface area contributed by atoms with Crippen molar-refractivity contribution in [3.8, 4) is 6.07 Å². The lowest BCUT2D eigenvalue weighted by atomic mass is 10.1. The third-order valence-electron chi connectivity index (χ3n) is 3.25. The molecule has 2 N–H and O–H groups in total. The normalized spacial score (nSPS) is 10.4. The Morgan fingerprint density at radius 1 is 1.20 bits per heavy atom. The van der Waals surface area contributed by atoms with Gasteiger partial charge >= 0.3 is 0 Å². The van der Waals surface area contributed by atoms with Gasteiger partial charge in [0.25, 0.3) is 0 Å². The minimum atomic E-state index is 0.648. The summed E-state index contributed by atoms with van der Waals surface area (Å²) in [6, 6.07) is 16.0. The van der Waals surface area contributed by atoms with E-state index in [0.717, 1.165) is 22.2 Å². The molecule has 0 aliphatic carbocycles. The van der Waals surface area contributed by atoms with Gasteiger partial charge in [-0.05, 0) is 51.8 Å². The van der Waals surface area contributed by atoms with Crippen LogP contribution >= 0.6 is 15.9 Å². The standard InChI is InChI=1S/C16H12BrN3/c17-14-8-11(9-18)4-5-16(14)20-10-12-2-1-3-15-13(12)6-7-19-15/h1-8,19-20H,10H2. The van der Waals surface area contributed by atoms with E-state index >= 15 is 0 Å². The van der Waals surface area contributed by atoms with E-state index in [9.17, 15) is 0 Å². The monoisotopic (exact) mass is 325 g/mol. The van der Waals surface area contributed by atoms with Crippen molar-refractivity contribution in [1.29, 1.82) is 5.26 Å². The second-order valence-electron chi connectivity index (χ2n) is 4.52. The molecule has 0 bridgehead atoms. The van der Waals surface area contributed by atoms with E-state index in [-0.39, 0.29) is 0 Å². The fourth-order valence-corrected chi connectivity index (χ4v) is 2.74. The summed E-state index contributed by atoms with van der Waals surface area (Å²) in [5, 5.41) is 13.5. The highest BCUT2D eigenvalue weighted by atomic mass is 79.9. The maximum Gasteiger partial charge on any atom is 0.0992 e. The van der Waals surface area contributed by atoms with Gasteiger partial charge in [-0.1, -0.05) is 12.1 Å². The maximum atomic E-state index is 8.86. The van der Waals surface area contributed by atoms with Crippen LogP contribution in [-0.2, 0) is 6.54 Å². The Labute approximate surface area is 125 Å². The molecule has 0 saturated carbocycles. The number of nitriles is 1. The molecule has 3 rings (SSSR count). The highest BCUT2D eigenvalue weighted by Gasteiger charge is 2.04. The van der Waals surface area contributed by atoms with Crippen LogP contribution in [-0.4, -0.2) is 4.98 Å². The van der Waals surface area contributed by atoms with Gasteiger partial charge in [0.05, 0.1) is 11.6 Å². The maximum absolute atomic E-state index is 8.86. The Kier molecular flexibility index (Phi) is 3.44. The fraction of sp³-hybridized carbons (Fsp3) is 0.0625. The first-order valence-electron chi connectivity index (χ1n) is 6.26. The molecule has 0 amide bonds. The second kappa shape index (κ2) is 5.40. The first kappa shape index (κ1) is 12.8. The minimum Gasteiger partial charge on any atom is -0.380 e. The summed E-state index contributed by atoms with van der Waals surface area (Å²) in [5.74, 6) is 0. The predicted molar refractivity (Wildman–Crippen MR) is 84.5 cm³/mol. The Morgan fingerprint density at radius 2 is 2.10 bits per heavy atom. The largest absolute Gasteiger partial charge is 0.380 e. The number of hydrogen-bond acceptors (Lipinski definition) is 2. The van der Waals surface area contributed by atoms with Gasteiger partial charge < -0.3 is 10.3 Å². The number of hydrogen-bond donors (Lipinski definition) is 2. The van der Waals surface area contributed by atoms with Crippen molar-refractivity contribution in [3.05, 3.63) is 64.3 Å². The molecule has 2 aromatic carbocycles. The molecule has 0 atom stereocenters. The molecule has 0 fully saturated rings. The summed E-state index contributed by atoms with van der Waals surface area (Å²) < 4.78 is 0.901. The van der Waals surface area contributed by atoms with Crippen LogP contribution < -0.4 is 5.32 Å². The Hall–Kier alpha value is -2.25. The van der Waals surface area contributed by atoms with E-state index < -0.39 is 0 Å². The summed E-state index contributed by atoms with van der Waals surface area (Å²) in [4.78, 5) is 3.21. The number of aromatic nitrogens is 1. The molecule has 0 unspecified atom stereocenters. The van der Waals surface area contributed by atoms with Crippen molar-refractivity contribution in [2.75, 3.05) is 5.32 Å². The van der Waals surface area contributed by atoms with E-state index in [1.165, 1.54) is 10.9 Å². The van der Waals surface area contributed by atoms with E-state index in [4.69, 9.17) is 5.26 Å². The van der Waals surface area contributed by atoms with Gasteiger partial charge in [-0.3, -0.25) is 0 Å². The zero-order valence-corrected chi connectivity index (χ0v) is 12.2. The van der Waals surface area contributed by atoms with Crippen molar-refractivity contribution in [2.24, 2.45) is 0 Å². The van der Waals surface area contributed by atoms with Crippen LogP contribution in [0.3, 0.4) is 0 Å². The molecule has 3 nitrogen and oxygen atoms in total. The zero-order chi connectivity index (χ0) is 13.9. The number of anilines is 1. The average Bonchev–Trinajstić information content (AvgIpc) is 2.95. The van der Waals surface area contributed by atoms with E-state index in [2.05, 4.69) is 50.5 Å². The summed E-state index contributed by atoms with van der Waals surface area (Å²) in [7, 11) is 0. The van der Waals surface area contributed by atoms with Crippen molar-refractivity contribution in [3.63, 3.8) is 0 Å². The van der Waals surface area contributed by atoms with E-state index in [1.54, 1.807) is 0 Å². The molecule has 20 heavy (non-hydrogen) atoms. The highest BCUT2D eigenvalue weighted by Crippen LogP contribution is 2.25. The number of aromatic amines is 1. The first-order chi connectivity index (χ1) is 9.78. The molecule has 1 aromatic heterocycles. The molecule has 0 saturated heterocycles.